The number of furan rings is 1. The van der Waals surface area contributed by atoms with E-state index in [0.717, 1.165) is 24.2 Å². The van der Waals surface area contributed by atoms with Crippen molar-refractivity contribution in [1.29, 1.82) is 0 Å². The largest absolute Gasteiger partial charge is 0.479 e. The molecule has 2 unspecified atom stereocenters. The Morgan fingerprint density at radius 2 is 2.33 bits per heavy atom. The summed E-state index contributed by atoms with van der Waals surface area (Å²) in [4.78, 5) is 10.8. The quantitative estimate of drug-likeness (QED) is 0.813. The molecule has 0 spiro atoms. The van der Waals surface area contributed by atoms with Crippen LogP contribution in [-0.4, -0.2) is 17.2 Å². The highest BCUT2D eigenvalue weighted by Crippen LogP contribution is 2.33. The van der Waals surface area contributed by atoms with Crippen LogP contribution in [0.1, 0.15) is 36.7 Å². The van der Waals surface area contributed by atoms with E-state index in [-0.39, 0.29) is 6.10 Å². The van der Waals surface area contributed by atoms with E-state index in [1.165, 1.54) is 0 Å². The molecule has 1 fully saturated rings. The zero-order valence-corrected chi connectivity index (χ0v) is 8.60. The number of hydrogen-bond donors (Lipinski definition) is 1. The Labute approximate surface area is 87.8 Å². The molecule has 1 N–H and O–H groups in total. The number of carbonyl (C=O) groups is 1. The van der Waals surface area contributed by atoms with Crippen LogP contribution in [-0.2, 0) is 9.53 Å². The van der Waals surface area contributed by atoms with Crippen molar-refractivity contribution >= 4 is 5.97 Å². The second-order valence-corrected chi connectivity index (χ2v) is 3.81. The van der Waals surface area contributed by atoms with Crippen LogP contribution in [0.2, 0.25) is 0 Å². The van der Waals surface area contributed by atoms with Crippen molar-refractivity contribution in [2.24, 2.45) is 0 Å². The van der Waals surface area contributed by atoms with Crippen LogP contribution in [0, 0.1) is 6.92 Å². The van der Waals surface area contributed by atoms with Crippen molar-refractivity contribution in [1.82, 2.24) is 0 Å². The van der Waals surface area contributed by atoms with Gasteiger partial charge in [0.25, 0.3) is 0 Å². The molecule has 0 amide bonds. The number of ether oxygens (including phenoxy) is 1. The van der Waals surface area contributed by atoms with Gasteiger partial charge in [0.2, 0.25) is 0 Å². The molecule has 1 aliphatic rings. The fourth-order valence-corrected chi connectivity index (χ4v) is 1.96. The van der Waals surface area contributed by atoms with Gasteiger partial charge in [0.15, 0.2) is 6.10 Å². The summed E-state index contributed by atoms with van der Waals surface area (Å²) in [5.74, 6) is -0.0631. The lowest BCUT2D eigenvalue weighted by Gasteiger charge is -2.27. The number of rotatable bonds is 2. The average Bonchev–Trinajstić information content (AvgIpc) is 2.64. The van der Waals surface area contributed by atoms with Gasteiger partial charge in [-0.05, 0) is 32.3 Å². The molecule has 2 rings (SSSR count). The molecule has 1 aromatic heterocycles. The Morgan fingerprint density at radius 3 is 2.93 bits per heavy atom. The first-order chi connectivity index (χ1) is 7.18. The van der Waals surface area contributed by atoms with Gasteiger partial charge in [-0.25, -0.2) is 4.79 Å². The van der Waals surface area contributed by atoms with Crippen LogP contribution >= 0.6 is 0 Å². The van der Waals surface area contributed by atoms with E-state index in [2.05, 4.69) is 0 Å². The number of carboxylic acid groups (broad SMARTS) is 1. The van der Waals surface area contributed by atoms with Crippen molar-refractivity contribution in [2.45, 2.75) is 38.4 Å². The first kappa shape index (κ1) is 10.2. The van der Waals surface area contributed by atoms with Crippen molar-refractivity contribution < 1.29 is 19.1 Å². The summed E-state index contributed by atoms with van der Waals surface area (Å²) < 4.78 is 10.7. The van der Waals surface area contributed by atoms with Crippen molar-refractivity contribution in [3.05, 3.63) is 23.7 Å². The highest BCUT2D eigenvalue weighted by molar-refractivity contribution is 5.72. The standard InChI is InChI=1S/C11H14O4/c1-7-8(5-6-14-7)9-3-2-4-10(15-9)11(12)13/h5-6,9-10H,2-4H2,1H3,(H,12,13). The first-order valence-corrected chi connectivity index (χ1v) is 5.10. The van der Waals surface area contributed by atoms with Crippen LogP contribution in [0.4, 0.5) is 0 Å². The predicted molar refractivity (Wildman–Crippen MR) is 52.5 cm³/mol. The molecule has 4 nitrogen and oxygen atoms in total. The maximum atomic E-state index is 10.8. The van der Waals surface area contributed by atoms with Gasteiger partial charge < -0.3 is 14.3 Å². The molecule has 2 heterocycles. The maximum absolute atomic E-state index is 10.8. The van der Waals surface area contributed by atoms with E-state index in [4.69, 9.17) is 14.3 Å². The number of aryl methyl sites for hydroxylation is 1. The van der Waals surface area contributed by atoms with Crippen LogP contribution in [0.25, 0.3) is 0 Å². The van der Waals surface area contributed by atoms with Crippen molar-refractivity contribution in [2.75, 3.05) is 0 Å². The van der Waals surface area contributed by atoms with Crippen LogP contribution in [0.15, 0.2) is 16.7 Å². The molecule has 0 saturated carbocycles. The highest BCUT2D eigenvalue weighted by Gasteiger charge is 2.29. The number of carboxylic acids is 1. The third-order valence-corrected chi connectivity index (χ3v) is 2.78. The van der Waals surface area contributed by atoms with Crippen LogP contribution in [0.3, 0.4) is 0 Å². The fraction of sp³-hybridized carbons (Fsp3) is 0.545. The molecule has 1 aliphatic heterocycles. The summed E-state index contributed by atoms with van der Waals surface area (Å²) in [5.41, 5.74) is 0.973. The molecular formula is C11H14O4. The molecule has 1 aromatic rings. The second-order valence-electron chi connectivity index (χ2n) is 3.81. The van der Waals surface area contributed by atoms with Crippen LogP contribution < -0.4 is 0 Å². The fourth-order valence-electron chi connectivity index (χ4n) is 1.96. The lowest BCUT2D eigenvalue weighted by Crippen LogP contribution is -2.29. The molecule has 0 aromatic carbocycles. The monoisotopic (exact) mass is 210 g/mol. The molecular weight excluding hydrogens is 196 g/mol. The lowest BCUT2D eigenvalue weighted by molar-refractivity contribution is -0.159. The summed E-state index contributed by atoms with van der Waals surface area (Å²) in [6.07, 6.45) is 3.16. The Bertz CT molecular complexity index is 355. The van der Waals surface area contributed by atoms with E-state index >= 15 is 0 Å². The van der Waals surface area contributed by atoms with Gasteiger partial charge in [0, 0.05) is 5.56 Å². The molecule has 0 radical (unpaired) electrons. The number of hydrogen-bond acceptors (Lipinski definition) is 3. The van der Waals surface area contributed by atoms with Gasteiger partial charge in [0.1, 0.15) is 5.76 Å². The molecule has 15 heavy (non-hydrogen) atoms. The average molecular weight is 210 g/mol. The van der Waals surface area contributed by atoms with Gasteiger partial charge in [-0.1, -0.05) is 0 Å². The highest BCUT2D eigenvalue weighted by atomic mass is 16.5. The van der Waals surface area contributed by atoms with Crippen molar-refractivity contribution in [3.63, 3.8) is 0 Å². The Balaban J connectivity index is 2.11. The summed E-state index contributed by atoms with van der Waals surface area (Å²) in [7, 11) is 0. The van der Waals surface area contributed by atoms with E-state index in [1.54, 1.807) is 6.26 Å². The second kappa shape index (κ2) is 4.06. The Kier molecular flexibility index (Phi) is 2.77. The SMILES string of the molecule is Cc1occc1C1CCCC(C(=O)O)O1. The topological polar surface area (TPSA) is 59.7 Å². The molecule has 2 atom stereocenters. The van der Waals surface area contributed by atoms with Gasteiger partial charge in [0.05, 0.1) is 12.4 Å². The zero-order valence-electron chi connectivity index (χ0n) is 8.60. The van der Waals surface area contributed by atoms with Gasteiger partial charge >= 0.3 is 5.97 Å². The van der Waals surface area contributed by atoms with E-state index in [9.17, 15) is 4.79 Å². The predicted octanol–water partition coefficient (Wildman–Crippen LogP) is 2.28. The van der Waals surface area contributed by atoms with Gasteiger partial charge in [-0.15, -0.1) is 0 Å². The van der Waals surface area contributed by atoms with E-state index in [1.807, 2.05) is 13.0 Å². The summed E-state index contributed by atoms with van der Waals surface area (Å²) in [6.45, 7) is 1.86. The number of aliphatic carboxylic acids is 1. The van der Waals surface area contributed by atoms with Gasteiger partial charge in [-0.2, -0.15) is 0 Å². The van der Waals surface area contributed by atoms with Crippen LogP contribution in [0.5, 0.6) is 0 Å². The minimum atomic E-state index is -0.874. The smallest absolute Gasteiger partial charge is 0.332 e. The van der Waals surface area contributed by atoms with E-state index in [0.29, 0.717) is 6.42 Å². The first-order valence-electron chi connectivity index (χ1n) is 5.10. The third-order valence-electron chi connectivity index (χ3n) is 2.78. The minimum Gasteiger partial charge on any atom is -0.479 e. The molecule has 1 saturated heterocycles. The Morgan fingerprint density at radius 1 is 1.53 bits per heavy atom. The minimum absolute atomic E-state index is 0.126. The third kappa shape index (κ3) is 2.04. The maximum Gasteiger partial charge on any atom is 0.332 e. The lowest BCUT2D eigenvalue weighted by atomic mass is 9.99. The van der Waals surface area contributed by atoms with Gasteiger partial charge in [-0.3, -0.25) is 0 Å². The molecule has 0 aliphatic carbocycles. The zero-order chi connectivity index (χ0) is 10.8. The Hall–Kier alpha value is -1.29. The molecule has 0 bridgehead atoms. The summed E-state index contributed by atoms with van der Waals surface area (Å²) in [5, 5.41) is 8.87. The van der Waals surface area contributed by atoms with Crippen molar-refractivity contribution in [3.8, 4) is 0 Å². The summed E-state index contributed by atoms with van der Waals surface area (Å²) >= 11 is 0. The molecule has 4 heteroatoms. The van der Waals surface area contributed by atoms with E-state index < -0.39 is 12.1 Å². The normalized spacial score (nSPS) is 26.5. The summed E-state index contributed by atoms with van der Waals surface area (Å²) in [6, 6.07) is 1.85. The molecule has 82 valence electrons.